The fourth-order valence-corrected chi connectivity index (χ4v) is 9.66. The molecule has 2 N–H and O–H groups in total. The number of allylic oxidation sites excluding steroid dienone is 1. The molecule has 3 aliphatic carbocycles. The molecule has 2 saturated heterocycles. The number of ether oxygens (including phenoxy) is 2. The van der Waals surface area contributed by atoms with Crippen LogP contribution in [0.5, 0.6) is 0 Å². The van der Waals surface area contributed by atoms with Crippen molar-refractivity contribution in [2.24, 2.45) is 28.7 Å². The molecule has 1 unspecified atom stereocenters. The van der Waals surface area contributed by atoms with Crippen LogP contribution in [0, 0.1) is 23.7 Å². The molecule has 2 aromatic carbocycles. The Kier molecular flexibility index (Phi) is 8.28. The lowest BCUT2D eigenvalue weighted by atomic mass is 9.90. The van der Waals surface area contributed by atoms with Gasteiger partial charge in [0.15, 0.2) is 0 Å². The number of carbonyl (C=O) groups is 2. The lowest BCUT2D eigenvalue weighted by molar-refractivity contribution is -0.136. The SMILES string of the molecule is COC(=O)N[C@H](C(=O)N1[C@@H]2C[C@@H]2C[C@H]1C1=NC(Cl)=C(c2ccc(-c3ccc(-c4nc(C5C[C@@H]6C[C@@H]6C5)[nH]c4Cl)cc3)cc2)C1)C1CCOCC1. The van der Waals surface area contributed by atoms with Gasteiger partial charge in [-0.1, -0.05) is 71.7 Å². The second-order valence-corrected chi connectivity index (χ2v) is 15.8. The van der Waals surface area contributed by atoms with E-state index in [4.69, 9.17) is 42.7 Å². The average molecular weight is 715 g/mol. The summed E-state index contributed by atoms with van der Waals surface area (Å²) in [5, 5.41) is 3.95. The molecule has 260 valence electrons. The van der Waals surface area contributed by atoms with Crippen molar-refractivity contribution in [1.29, 1.82) is 0 Å². The van der Waals surface area contributed by atoms with Gasteiger partial charge in [0.25, 0.3) is 0 Å². The summed E-state index contributed by atoms with van der Waals surface area (Å²) in [6.45, 7) is 1.15. The highest BCUT2D eigenvalue weighted by Crippen LogP contribution is 2.57. The third kappa shape index (κ3) is 5.95. The zero-order valence-corrected chi connectivity index (χ0v) is 29.6. The molecule has 5 fully saturated rings. The van der Waals surface area contributed by atoms with Gasteiger partial charge in [-0.25, -0.2) is 14.8 Å². The number of imidazole rings is 1. The van der Waals surface area contributed by atoms with Gasteiger partial charge in [0.05, 0.1) is 13.2 Å². The smallest absolute Gasteiger partial charge is 0.407 e. The number of hydrogen-bond acceptors (Lipinski definition) is 6. The van der Waals surface area contributed by atoms with Gasteiger partial charge in [0.2, 0.25) is 5.91 Å². The summed E-state index contributed by atoms with van der Waals surface area (Å²) >= 11 is 13.4. The lowest BCUT2D eigenvalue weighted by Gasteiger charge is -2.36. The molecule has 50 heavy (non-hydrogen) atoms. The van der Waals surface area contributed by atoms with E-state index in [1.54, 1.807) is 0 Å². The normalized spacial score (nSPS) is 29.0. The summed E-state index contributed by atoms with van der Waals surface area (Å²) in [6.07, 6.45) is 7.12. The van der Waals surface area contributed by atoms with Crippen LogP contribution in [0.15, 0.2) is 58.7 Å². The van der Waals surface area contributed by atoms with E-state index in [0.717, 1.165) is 69.7 Å². The van der Waals surface area contributed by atoms with Crippen LogP contribution in [0.2, 0.25) is 5.15 Å². The van der Waals surface area contributed by atoms with Gasteiger partial charge in [0, 0.05) is 48.4 Å². The fraction of sp³-hybridized carbons (Fsp3) is 0.487. The molecule has 9 nitrogen and oxygen atoms in total. The van der Waals surface area contributed by atoms with Gasteiger partial charge in [-0.05, 0) is 85.3 Å². The zero-order chi connectivity index (χ0) is 34.1. The van der Waals surface area contributed by atoms with Gasteiger partial charge in [-0.2, -0.15) is 0 Å². The van der Waals surface area contributed by atoms with Crippen molar-refractivity contribution in [3.63, 3.8) is 0 Å². The number of hydrogen-bond donors (Lipinski definition) is 2. The van der Waals surface area contributed by atoms with Crippen LogP contribution in [-0.2, 0) is 14.3 Å². The summed E-state index contributed by atoms with van der Waals surface area (Å²) < 4.78 is 10.4. The Labute approximate surface area is 301 Å². The van der Waals surface area contributed by atoms with Crippen LogP contribution in [0.1, 0.15) is 68.7 Å². The van der Waals surface area contributed by atoms with E-state index in [1.807, 2.05) is 4.90 Å². The van der Waals surface area contributed by atoms with E-state index in [1.165, 1.54) is 26.4 Å². The number of nitrogens with zero attached hydrogens (tertiary/aromatic N) is 3. The molecule has 0 spiro atoms. The van der Waals surface area contributed by atoms with Crippen LogP contribution in [-0.4, -0.2) is 71.0 Å². The molecule has 9 rings (SSSR count). The molecule has 0 bridgehead atoms. The van der Waals surface area contributed by atoms with Crippen molar-refractivity contribution < 1.29 is 19.1 Å². The minimum atomic E-state index is -0.657. The molecule has 3 aromatic rings. The quantitative estimate of drug-likeness (QED) is 0.232. The average Bonchev–Trinajstić information content (AvgIpc) is 3.80. The van der Waals surface area contributed by atoms with Gasteiger partial charge in [-0.3, -0.25) is 4.79 Å². The highest BCUT2D eigenvalue weighted by molar-refractivity contribution is 6.35. The Morgan fingerprint density at radius 3 is 2.24 bits per heavy atom. The number of aromatic nitrogens is 2. The Hall–Kier alpha value is -3.66. The number of aliphatic imine (C=N–C) groups is 1. The lowest BCUT2D eigenvalue weighted by Crippen LogP contribution is -2.56. The summed E-state index contributed by atoms with van der Waals surface area (Å²) in [4.78, 5) is 41.6. The molecule has 2 amide bonds. The van der Waals surface area contributed by atoms with Gasteiger partial charge in [0.1, 0.15) is 27.9 Å². The zero-order valence-electron chi connectivity index (χ0n) is 28.0. The molecular weight excluding hydrogens is 673 g/mol. The van der Waals surface area contributed by atoms with Gasteiger partial charge < -0.3 is 24.7 Å². The van der Waals surface area contributed by atoms with Gasteiger partial charge >= 0.3 is 6.09 Å². The first-order valence-corrected chi connectivity index (χ1v) is 18.8. The van der Waals surface area contributed by atoms with Gasteiger partial charge in [-0.15, -0.1) is 0 Å². The highest BCUT2D eigenvalue weighted by Gasteiger charge is 2.57. The van der Waals surface area contributed by atoms with E-state index in [-0.39, 0.29) is 23.9 Å². The number of H-pyrrole nitrogens is 1. The molecule has 11 heteroatoms. The first-order chi connectivity index (χ1) is 24.3. The minimum Gasteiger partial charge on any atom is -0.453 e. The number of alkyl carbamates (subject to hydrolysis) is 1. The van der Waals surface area contributed by atoms with E-state index in [2.05, 4.69) is 58.8 Å². The van der Waals surface area contributed by atoms with Crippen molar-refractivity contribution in [3.8, 4) is 22.4 Å². The van der Waals surface area contributed by atoms with E-state index < -0.39 is 12.1 Å². The number of halogens is 2. The molecule has 6 aliphatic rings. The number of carbonyl (C=O) groups excluding carboxylic acids is 2. The van der Waals surface area contributed by atoms with Crippen molar-refractivity contribution in [1.82, 2.24) is 20.2 Å². The van der Waals surface area contributed by atoms with Crippen LogP contribution < -0.4 is 5.32 Å². The highest BCUT2D eigenvalue weighted by atomic mass is 35.5. The van der Waals surface area contributed by atoms with Crippen molar-refractivity contribution >= 4 is 46.5 Å². The molecule has 4 heterocycles. The maximum atomic E-state index is 14.2. The Morgan fingerprint density at radius 2 is 1.56 bits per heavy atom. The summed E-state index contributed by atoms with van der Waals surface area (Å²) in [6, 6.07) is 16.2. The summed E-state index contributed by atoms with van der Waals surface area (Å²) in [7, 11) is 1.33. The molecule has 7 atom stereocenters. The van der Waals surface area contributed by atoms with E-state index in [9.17, 15) is 9.59 Å². The van der Waals surface area contributed by atoms with Crippen molar-refractivity contribution in [2.75, 3.05) is 20.3 Å². The summed E-state index contributed by atoms with van der Waals surface area (Å²) in [5.74, 6) is 3.72. The number of aromatic amines is 1. The standard InChI is InChI=1S/C39H41Cl2N5O4/c1-49-39(48)44-34(24-10-12-50-13-11-24)38(47)46-31-17-27(31)18-32(46)30-19-29(35(40)42-30)22-6-2-20(3-7-22)21-4-8-23(9-5-21)33-36(41)45-37(43-33)28-15-25-14-26(25)16-28/h2-9,24-28,31-32,34H,10-19H2,1H3,(H,43,45)(H,44,48)/t25-,26+,27-,28?,31-,32+,34+/m1/s1. The maximum absolute atomic E-state index is 14.2. The number of piperidine rings is 1. The second kappa shape index (κ2) is 12.8. The minimum absolute atomic E-state index is 0.00532. The van der Waals surface area contributed by atoms with Crippen molar-refractivity contribution in [3.05, 3.63) is 70.2 Å². The molecule has 0 radical (unpaired) electrons. The topological polar surface area (TPSA) is 109 Å². The number of likely N-dealkylation sites (tertiary alicyclic amines) is 1. The molecule has 1 aromatic heterocycles. The first-order valence-electron chi connectivity index (χ1n) is 18.0. The number of benzene rings is 2. The van der Waals surface area contributed by atoms with Crippen molar-refractivity contribution in [2.45, 2.75) is 75.4 Å². The predicted octanol–water partition coefficient (Wildman–Crippen LogP) is 7.80. The number of fused-ring (bicyclic) bond motifs is 2. The molecule has 3 saturated carbocycles. The third-order valence-electron chi connectivity index (χ3n) is 12.1. The van der Waals surface area contributed by atoms with Crippen LogP contribution >= 0.6 is 23.2 Å². The first kappa shape index (κ1) is 32.3. The Bertz CT molecular complexity index is 1870. The number of methoxy groups -OCH3 is 1. The van der Waals surface area contributed by atoms with Crippen LogP contribution in [0.25, 0.3) is 28.0 Å². The largest absolute Gasteiger partial charge is 0.453 e. The predicted molar refractivity (Wildman–Crippen MR) is 193 cm³/mol. The van der Waals surface area contributed by atoms with Crippen LogP contribution in [0.3, 0.4) is 0 Å². The number of nitrogens with one attached hydrogen (secondary N) is 2. The Balaban J connectivity index is 0.876. The molecule has 3 aliphatic heterocycles. The molecular formula is C39H41Cl2N5O4. The number of amides is 2. The Morgan fingerprint density at radius 1 is 0.900 bits per heavy atom. The van der Waals surface area contributed by atoms with E-state index >= 15 is 0 Å². The van der Waals surface area contributed by atoms with Crippen LogP contribution in [0.4, 0.5) is 4.79 Å². The fourth-order valence-electron chi connectivity index (χ4n) is 9.12. The maximum Gasteiger partial charge on any atom is 0.407 e. The summed E-state index contributed by atoms with van der Waals surface area (Å²) in [5.41, 5.74) is 6.92. The monoisotopic (exact) mass is 713 g/mol. The number of rotatable bonds is 8. The second-order valence-electron chi connectivity index (χ2n) is 15.0. The third-order valence-corrected chi connectivity index (χ3v) is 12.7. The van der Waals surface area contributed by atoms with E-state index in [0.29, 0.717) is 54.6 Å².